The number of amides is 2. The van der Waals surface area contributed by atoms with E-state index in [1.165, 1.54) is 0 Å². The molecule has 0 unspecified atom stereocenters. The van der Waals surface area contributed by atoms with Gasteiger partial charge in [0.25, 0.3) is 5.91 Å². The zero-order valence-corrected chi connectivity index (χ0v) is 11.8. The van der Waals surface area contributed by atoms with Gasteiger partial charge in [0.05, 0.1) is 0 Å². The summed E-state index contributed by atoms with van der Waals surface area (Å²) in [6, 6.07) is 5.65. The van der Waals surface area contributed by atoms with E-state index in [1.807, 2.05) is 25.1 Å². The van der Waals surface area contributed by atoms with Crippen LogP contribution in [0.3, 0.4) is 0 Å². The van der Waals surface area contributed by atoms with Crippen LogP contribution in [-0.4, -0.2) is 36.3 Å². The second-order valence-electron chi connectivity index (χ2n) is 4.41. The van der Waals surface area contributed by atoms with Crippen LogP contribution in [0.25, 0.3) is 0 Å². The van der Waals surface area contributed by atoms with Crippen LogP contribution in [0.2, 0.25) is 0 Å². The SMILES string of the molecule is Cc1cc(Br)cc(C(=O)N2CCNC(=O)CC2)c1. The van der Waals surface area contributed by atoms with E-state index in [0.717, 1.165) is 10.0 Å². The first-order chi connectivity index (χ1) is 8.56. The van der Waals surface area contributed by atoms with Crippen LogP contribution in [0.1, 0.15) is 22.3 Å². The van der Waals surface area contributed by atoms with Crippen LogP contribution in [0.15, 0.2) is 22.7 Å². The number of carbonyl (C=O) groups excluding carboxylic acids is 2. The van der Waals surface area contributed by atoms with E-state index in [2.05, 4.69) is 21.2 Å². The van der Waals surface area contributed by atoms with Gasteiger partial charge in [0, 0.05) is 36.1 Å². The van der Waals surface area contributed by atoms with E-state index in [-0.39, 0.29) is 11.8 Å². The highest BCUT2D eigenvalue weighted by Crippen LogP contribution is 2.17. The first-order valence-electron chi connectivity index (χ1n) is 5.89. The Kier molecular flexibility index (Phi) is 4.01. The number of hydrogen-bond acceptors (Lipinski definition) is 2. The molecule has 0 bridgehead atoms. The van der Waals surface area contributed by atoms with Gasteiger partial charge in [-0.05, 0) is 30.7 Å². The Labute approximate surface area is 114 Å². The molecule has 18 heavy (non-hydrogen) atoms. The zero-order valence-electron chi connectivity index (χ0n) is 10.2. The summed E-state index contributed by atoms with van der Waals surface area (Å²) < 4.78 is 0.898. The minimum absolute atomic E-state index is 0.00993. The van der Waals surface area contributed by atoms with Crippen molar-refractivity contribution in [3.63, 3.8) is 0 Å². The molecule has 0 saturated carbocycles. The summed E-state index contributed by atoms with van der Waals surface area (Å²) in [5.74, 6) is -0.00776. The lowest BCUT2D eigenvalue weighted by Gasteiger charge is -2.19. The first kappa shape index (κ1) is 13.1. The smallest absolute Gasteiger partial charge is 0.253 e. The van der Waals surface area contributed by atoms with Gasteiger partial charge in [-0.1, -0.05) is 15.9 Å². The van der Waals surface area contributed by atoms with Gasteiger partial charge >= 0.3 is 0 Å². The molecule has 1 saturated heterocycles. The maximum atomic E-state index is 12.3. The molecule has 1 heterocycles. The maximum absolute atomic E-state index is 12.3. The lowest BCUT2D eigenvalue weighted by Crippen LogP contribution is -2.34. The van der Waals surface area contributed by atoms with Gasteiger partial charge in [-0.3, -0.25) is 9.59 Å². The molecule has 0 radical (unpaired) electrons. The number of nitrogens with one attached hydrogen (secondary N) is 1. The predicted molar refractivity (Wildman–Crippen MR) is 72.4 cm³/mol. The van der Waals surface area contributed by atoms with Gasteiger partial charge in [0.2, 0.25) is 5.91 Å². The second-order valence-corrected chi connectivity index (χ2v) is 5.33. The Morgan fingerprint density at radius 1 is 1.33 bits per heavy atom. The molecule has 2 rings (SSSR count). The van der Waals surface area contributed by atoms with Crippen molar-refractivity contribution >= 4 is 27.7 Å². The molecule has 0 aromatic heterocycles. The van der Waals surface area contributed by atoms with Crippen LogP contribution in [0.5, 0.6) is 0 Å². The van der Waals surface area contributed by atoms with Crippen molar-refractivity contribution in [2.45, 2.75) is 13.3 Å². The minimum atomic E-state index is -0.0177. The number of halogens is 1. The summed E-state index contributed by atoms with van der Waals surface area (Å²) in [6.07, 6.45) is 0.374. The number of nitrogens with zero attached hydrogens (tertiary/aromatic N) is 1. The minimum Gasteiger partial charge on any atom is -0.354 e. The molecule has 0 aliphatic carbocycles. The van der Waals surface area contributed by atoms with Crippen molar-refractivity contribution in [3.8, 4) is 0 Å². The molecule has 1 N–H and O–H groups in total. The fraction of sp³-hybridized carbons (Fsp3) is 0.385. The molecule has 4 nitrogen and oxygen atoms in total. The molecule has 1 aromatic rings. The molecule has 96 valence electrons. The van der Waals surface area contributed by atoms with Crippen molar-refractivity contribution in [3.05, 3.63) is 33.8 Å². The number of aryl methyl sites for hydroxylation is 1. The van der Waals surface area contributed by atoms with Gasteiger partial charge in [-0.25, -0.2) is 0 Å². The molecule has 1 aromatic carbocycles. The summed E-state index contributed by atoms with van der Waals surface area (Å²) in [7, 11) is 0. The van der Waals surface area contributed by atoms with Crippen molar-refractivity contribution in [2.24, 2.45) is 0 Å². The molecule has 5 heteroatoms. The summed E-state index contributed by atoms with van der Waals surface area (Å²) in [5, 5.41) is 2.76. The molecular weight excluding hydrogens is 296 g/mol. The Morgan fingerprint density at radius 3 is 2.83 bits per heavy atom. The topological polar surface area (TPSA) is 49.4 Å². The van der Waals surface area contributed by atoms with E-state index in [9.17, 15) is 9.59 Å². The molecule has 1 aliphatic rings. The lowest BCUT2D eigenvalue weighted by atomic mass is 10.1. The second kappa shape index (κ2) is 5.52. The van der Waals surface area contributed by atoms with Gasteiger partial charge in [-0.2, -0.15) is 0 Å². The van der Waals surface area contributed by atoms with Crippen molar-refractivity contribution in [2.75, 3.05) is 19.6 Å². The highest BCUT2D eigenvalue weighted by Gasteiger charge is 2.19. The van der Waals surface area contributed by atoms with Crippen molar-refractivity contribution in [1.82, 2.24) is 10.2 Å². The van der Waals surface area contributed by atoms with Crippen LogP contribution < -0.4 is 5.32 Å². The quantitative estimate of drug-likeness (QED) is 0.858. The van der Waals surface area contributed by atoms with Gasteiger partial charge in [0.1, 0.15) is 0 Å². The third kappa shape index (κ3) is 3.10. The van der Waals surface area contributed by atoms with Gasteiger partial charge in [-0.15, -0.1) is 0 Å². The molecule has 0 atom stereocenters. The van der Waals surface area contributed by atoms with E-state index < -0.39 is 0 Å². The number of carbonyl (C=O) groups is 2. The Balaban J connectivity index is 2.17. The van der Waals surface area contributed by atoms with Crippen molar-refractivity contribution < 1.29 is 9.59 Å². The average Bonchev–Trinajstić information content (AvgIpc) is 2.52. The molecule has 1 aliphatic heterocycles. The molecule has 2 amide bonds. The fourth-order valence-electron chi connectivity index (χ4n) is 2.01. The standard InChI is InChI=1S/C13H15BrN2O2/c1-9-6-10(8-11(14)7-9)13(18)16-4-2-12(17)15-3-5-16/h6-8H,2-5H2,1H3,(H,15,17). The molecule has 0 spiro atoms. The number of hydrogen-bond donors (Lipinski definition) is 1. The summed E-state index contributed by atoms with van der Waals surface area (Å²) >= 11 is 3.39. The highest BCUT2D eigenvalue weighted by molar-refractivity contribution is 9.10. The third-order valence-electron chi connectivity index (χ3n) is 2.89. The highest BCUT2D eigenvalue weighted by atomic mass is 79.9. The Hall–Kier alpha value is -1.36. The average molecular weight is 311 g/mol. The monoisotopic (exact) mass is 310 g/mol. The van der Waals surface area contributed by atoms with E-state index in [0.29, 0.717) is 31.6 Å². The fourth-order valence-corrected chi connectivity index (χ4v) is 2.62. The van der Waals surface area contributed by atoms with Gasteiger partial charge in [0.15, 0.2) is 0 Å². The molecule has 1 fully saturated rings. The Morgan fingerprint density at radius 2 is 2.11 bits per heavy atom. The number of rotatable bonds is 1. The summed E-state index contributed by atoms with van der Waals surface area (Å²) in [4.78, 5) is 25.3. The van der Waals surface area contributed by atoms with E-state index in [1.54, 1.807) is 4.90 Å². The van der Waals surface area contributed by atoms with E-state index >= 15 is 0 Å². The predicted octanol–water partition coefficient (Wildman–Crippen LogP) is 1.72. The molecular formula is C13H15BrN2O2. The third-order valence-corrected chi connectivity index (χ3v) is 3.35. The summed E-state index contributed by atoms with van der Waals surface area (Å²) in [5.41, 5.74) is 1.70. The van der Waals surface area contributed by atoms with Crippen LogP contribution >= 0.6 is 15.9 Å². The zero-order chi connectivity index (χ0) is 13.1. The maximum Gasteiger partial charge on any atom is 0.253 e. The lowest BCUT2D eigenvalue weighted by molar-refractivity contribution is -0.120. The van der Waals surface area contributed by atoms with E-state index in [4.69, 9.17) is 0 Å². The van der Waals surface area contributed by atoms with Crippen molar-refractivity contribution in [1.29, 1.82) is 0 Å². The van der Waals surface area contributed by atoms with Crippen LogP contribution in [0.4, 0.5) is 0 Å². The first-order valence-corrected chi connectivity index (χ1v) is 6.69. The number of benzene rings is 1. The van der Waals surface area contributed by atoms with Crippen LogP contribution in [0, 0.1) is 6.92 Å². The normalized spacial score (nSPS) is 16.1. The van der Waals surface area contributed by atoms with Crippen LogP contribution in [-0.2, 0) is 4.79 Å². The largest absolute Gasteiger partial charge is 0.354 e. The van der Waals surface area contributed by atoms with Gasteiger partial charge < -0.3 is 10.2 Å². The Bertz CT molecular complexity index is 468. The summed E-state index contributed by atoms with van der Waals surface area (Å²) in [6.45, 7) is 3.53.